The first-order chi connectivity index (χ1) is 4.79. The van der Waals surface area contributed by atoms with Crippen LogP contribution in [-0.2, 0) is 0 Å². The average Bonchev–Trinajstić information content (AvgIpc) is 2.41. The third-order valence-corrected chi connectivity index (χ3v) is 1.58. The quantitative estimate of drug-likeness (QED) is 0.522. The summed E-state index contributed by atoms with van der Waals surface area (Å²) in [4.78, 5) is 0. The minimum absolute atomic E-state index is 0.373. The molecule has 1 aromatic heterocycles. The van der Waals surface area contributed by atoms with E-state index in [1.807, 2.05) is 0 Å². The average molecular weight is 141 g/mol. The van der Waals surface area contributed by atoms with E-state index < -0.39 is 12.0 Å². The molecule has 0 fully saturated rings. The minimum Gasteiger partial charge on any atom is -0.321 e. The Hall–Kier alpha value is -1.12. The van der Waals surface area contributed by atoms with Crippen molar-refractivity contribution in [2.75, 3.05) is 0 Å². The Morgan fingerprint density at radius 2 is 2.30 bits per heavy atom. The fourth-order valence-corrected chi connectivity index (χ4v) is 1.08. The van der Waals surface area contributed by atoms with Crippen LogP contribution < -0.4 is 0 Å². The van der Waals surface area contributed by atoms with Gasteiger partial charge in [-0.3, -0.25) is 0 Å². The van der Waals surface area contributed by atoms with E-state index in [-0.39, 0.29) is 0 Å². The highest BCUT2D eigenvalue weighted by Gasteiger charge is 2.24. The summed E-state index contributed by atoms with van der Waals surface area (Å²) in [7, 11) is 0. The molecule has 0 radical (unpaired) electrons. The van der Waals surface area contributed by atoms with Crippen LogP contribution in [0.1, 0.15) is 11.9 Å². The molecule has 1 nitrogen and oxygen atoms in total. The van der Waals surface area contributed by atoms with Crippen molar-refractivity contribution in [1.29, 1.82) is 0 Å². The topological polar surface area (TPSA) is 4.93 Å². The van der Waals surface area contributed by atoms with Crippen molar-refractivity contribution in [2.45, 2.75) is 6.17 Å². The van der Waals surface area contributed by atoms with Crippen LogP contribution in [0.3, 0.4) is 0 Å². The zero-order valence-electron chi connectivity index (χ0n) is 5.09. The van der Waals surface area contributed by atoms with Gasteiger partial charge in [0.1, 0.15) is 0 Å². The molecule has 0 amide bonds. The second-order valence-corrected chi connectivity index (χ2v) is 2.22. The highest BCUT2D eigenvalue weighted by atomic mass is 19.2. The van der Waals surface area contributed by atoms with Gasteiger partial charge < -0.3 is 4.57 Å². The van der Waals surface area contributed by atoms with Crippen molar-refractivity contribution < 1.29 is 8.78 Å². The molecule has 0 saturated carbocycles. The van der Waals surface area contributed by atoms with Crippen molar-refractivity contribution in [3.8, 4) is 0 Å². The summed E-state index contributed by atoms with van der Waals surface area (Å²) in [5.41, 5.74) is 0.373. The Labute approximate surface area is 56.6 Å². The maximum atomic E-state index is 12.7. The normalized spacial score (nSPS) is 22.6. The molecular formula is C7H5F2N. The van der Waals surface area contributed by atoms with Gasteiger partial charge in [0.15, 0.2) is 12.0 Å². The molecular weight excluding hydrogens is 136 g/mol. The number of rotatable bonds is 0. The Morgan fingerprint density at radius 1 is 1.50 bits per heavy atom. The SMILES string of the molecule is FC1=Cn2cccc2C1F. The molecule has 1 atom stereocenters. The highest BCUT2D eigenvalue weighted by molar-refractivity contribution is 5.42. The summed E-state index contributed by atoms with van der Waals surface area (Å²) in [5, 5.41) is 0. The number of nitrogens with zero attached hydrogens (tertiary/aromatic N) is 1. The number of hydrogen-bond donors (Lipinski definition) is 0. The number of halogens is 2. The fourth-order valence-electron chi connectivity index (χ4n) is 1.08. The van der Waals surface area contributed by atoms with E-state index in [0.29, 0.717) is 5.69 Å². The standard InChI is InChI=1S/C7H5F2N/c8-5-4-10-3-1-2-6(10)7(5)9/h1-4,7H. The molecule has 52 valence electrons. The van der Waals surface area contributed by atoms with E-state index in [4.69, 9.17) is 0 Å². The molecule has 2 rings (SSSR count). The van der Waals surface area contributed by atoms with Crippen LogP contribution in [0, 0.1) is 0 Å². The molecule has 0 aromatic carbocycles. The van der Waals surface area contributed by atoms with E-state index in [0.717, 1.165) is 6.20 Å². The molecule has 0 bridgehead atoms. The summed E-state index contributed by atoms with van der Waals surface area (Å²) in [6.07, 6.45) is 1.23. The lowest BCUT2D eigenvalue weighted by molar-refractivity contribution is 0.340. The van der Waals surface area contributed by atoms with E-state index >= 15 is 0 Å². The van der Waals surface area contributed by atoms with Crippen LogP contribution in [0.5, 0.6) is 0 Å². The van der Waals surface area contributed by atoms with Gasteiger partial charge in [0.05, 0.1) is 5.69 Å². The van der Waals surface area contributed by atoms with Crippen molar-refractivity contribution in [1.82, 2.24) is 4.57 Å². The Morgan fingerprint density at radius 3 is 3.00 bits per heavy atom. The first kappa shape index (κ1) is 5.65. The van der Waals surface area contributed by atoms with Crippen LogP contribution in [0.4, 0.5) is 8.78 Å². The maximum absolute atomic E-state index is 12.7. The number of aromatic nitrogens is 1. The summed E-state index contributed by atoms with van der Waals surface area (Å²) in [6, 6.07) is 3.25. The zero-order valence-corrected chi connectivity index (χ0v) is 5.09. The smallest absolute Gasteiger partial charge is 0.193 e. The third kappa shape index (κ3) is 0.546. The van der Waals surface area contributed by atoms with Crippen molar-refractivity contribution in [3.63, 3.8) is 0 Å². The molecule has 1 unspecified atom stereocenters. The van der Waals surface area contributed by atoms with E-state index in [9.17, 15) is 8.78 Å². The summed E-state index contributed by atoms with van der Waals surface area (Å²) in [5.74, 6) is -0.712. The van der Waals surface area contributed by atoms with Crippen LogP contribution in [-0.4, -0.2) is 4.57 Å². The minimum atomic E-state index is -1.55. The Bertz CT molecular complexity index is 288. The molecule has 10 heavy (non-hydrogen) atoms. The first-order valence-electron chi connectivity index (χ1n) is 2.97. The van der Waals surface area contributed by atoms with E-state index in [2.05, 4.69) is 0 Å². The van der Waals surface area contributed by atoms with Crippen molar-refractivity contribution in [3.05, 3.63) is 29.9 Å². The molecule has 1 aliphatic heterocycles. The largest absolute Gasteiger partial charge is 0.321 e. The predicted octanol–water partition coefficient (Wildman–Crippen LogP) is 2.28. The summed E-state index contributed by atoms with van der Waals surface area (Å²) < 4.78 is 26.5. The van der Waals surface area contributed by atoms with Gasteiger partial charge in [-0.2, -0.15) is 0 Å². The van der Waals surface area contributed by atoms with Crippen LogP contribution in [0.2, 0.25) is 0 Å². The molecule has 0 N–H and O–H groups in total. The van der Waals surface area contributed by atoms with Gasteiger partial charge in [0.2, 0.25) is 0 Å². The maximum Gasteiger partial charge on any atom is 0.193 e. The lowest BCUT2D eigenvalue weighted by Crippen LogP contribution is -1.87. The van der Waals surface area contributed by atoms with Crippen LogP contribution in [0.15, 0.2) is 24.2 Å². The summed E-state index contributed by atoms with van der Waals surface area (Å²) >= 11 is 0. The molecule has 1 aliphatic rings. The van der Waals surface area contributed by atoms with Gasteiger partial charge in [0.25, 0.3) is 0 Å². The number of alkyl halides is 1. The number of allylic oxidation sites excluding steroid dienone is 1. The van der Waals surface area contributed by atoms with Crippen LogP contribution >= 0.6 is 0 Å². The number of hydrogen-bond acceptors (Lipinski definition) is 0. The van der Waals surface area contributed by atoms with E-state index in [1.54, 1.807) is 18.3 Å². The van der Waals surface area contributed by atoms with Crippen LogP contribution in [0.25, 0.3) is 6.20 Å². The molecule has 0 spiro atoms. The van der Waals surface area contributed by atoms with E-state index in [1.165, 1.54) is 4.57 Å². The van der Waals surface area contributed by atoms with Crippen molar-refractivity contribution in [2.24, 2.45) is 0 Å². The second kappa shape index (κ2) is 1.68. The lowest BCUT2D eigenvalue weighted by atomic mass is 10.3. The highest BCUT2D eigenvalue weighted by Crippen LogP contribution is 2.33. The monoisotopic (exact) mass is 141 g/mol. The van der Waals surface area contributed by atoms with Gasteiger partial charge in [-0.05, 0) is 12.1 Å². The Kier molecular flexibility index (Phi) is 0.952. The second-order valence-electron chi connectivity index (χ2n) is 2.22. The van der Waals surface area contributed by atoms with Gasteiger partial charge in [0, 0.05) is 12.4 Å². The van der Waals surface area contributed by atoms with Gasteiger partial charge in [-0.25, -0.2) is 8.78 Å². The third-order valence-electron chi connectivity index (χ3n) is 1.58. The first-order valence-corrected chi connectivity index (χ1v) is 2.97. The van der Waals surface area contributed by atoms with Gasteiger partial charge >= 0.3 is 0 Å². The molecule has 0 aliphatic carbocycles. The molecule has 0 saturated heterocycles. The molecule has 3 heteroatoms. The van der Waals surface area contributed by atoms with Crippen molar-refractivity contribution >= 4 is 6.20 Å². The number of fused-ring (bicyclic) bond motifs is 1. The fraction of sp³-hybridized carbons (Fsp3) is 0.143. The van der Waals surface area contributed by atoms with Gasteiger partial charge in [-0.15, -0.1) is 0 Å². The van der Waals surface area contributed by atoms with Gasteiger partial charge in [-0.1, -0.05) is 0 Å². The molecule has 2 heterocycles. The predicted molar refractivity (Wildman–Crippen MR) is 33.7 cm³/mol. The lowest BCUT2D eigenvalue weighted by Gasteiger charge is -1.94. The Balaban J connectivity index is 2.57. The summed E-state index contributed by atoms with van der Waals surface area (Å²) in [6.45, 7) is 0. The zero-order chi connectivity index (χ0) is 7.14. The molecule has 1 aromatic rings.